The van der Waals surface area contributed by atoms with Gasteiger partial charge in [0.25, 0.3) is 0 Å². The molecule has 1 fully saturated rings. The average Bonchev–Trinajstić information content (AvgIpc) is 2.68. The van der Waals surface area contributed by atoms with Gasteiger partial charge in [-0.25, -0.2) is 4.79 Å². The van der Waals surface area contributed by atoms with Crippen LogP contribution in [0.5, 0.6) is 0 Å². The predicted molar refractivity (Wildman–Crippen MR) is 99.2 cm³/mol. The summed E-state index contributed by atoms with van der Waals surface area (Å²) in [6.45, 7) is 6.10. The first-order valence-electron chi connectivity index (χ1n) is 9.16. The Kier molecular flexibility index (Phi) is 4.70. The first kappa shape index (κ1) is 16.2. The molecular weight excluding hydrogens is 310 g/mol. The monoisotopic (exact) mass is 335 g/mol. The Bertz CT molecular complexity index is 723. The maximum Gasteiger partial charge on any atom is 0.320 e. The molecule has 2 heterocycles. The molecule has 25 heavy (non-hydrogen) atoms. The van der Waals surface area contributed by atoms with Crippen molar-refractivity contribution in [2.75, 3.05) is 32.7 Å². The van der Waals surface area contributed by atoms with Gasteiger partial charge >= 0.3 is 6.03 Å². The number of amides is 2. The van der Waals surface area contributed by atoms with E-state index < -0.39 is 0 Å². The number of carbonyl (C=O) groups is 1. The van der Waals surface area contributed by atoms with Gasteiger partial charge in [0.2, 0.25) is 0 Å². The van der Waals surface area contributed by atoms with Crippen molar-refractivity contribution in [1.29, 1.82) is 0 Å². The lowest BCUT2D eigenvalue weighted by Gasteiger charge is -2.39. The van der Waals surface area contributed by atoms with Gasteiger partial charge in [-0.05, 0) is 23.1 Å². The molecule has 1 saturated heterocycles. The Morgan fingerprint density at radius 3 is 2.20 bits per heavy atom. The second-order valence-corrected chi connectivity index (χ2v) is 6.97. The summed E-state index contributed by atoms with van der Waals surface area (Å²) in [6.07, 6.45) is 0.968. The number of fused-ring (bicyclic) bond motifs is 1. The van der Waals surface area contributed by atoms with E-state index >= 15 is 0 Å². The predicted octanol–water partition coefficient (Wildman–Crippen LogP) is 2.98. The molecule has 0 unspecified atom stereocenters. The lowest BCUT2D eigenvalue weighted by atomic mass is 10.0. The van der Waals surface area contributed by atoms with E-state index in [-0.39, 0.29) is 6.03 Å². The van der Waals surface area contributed by atoms with Gasteiger partial charge in [0, 0.05) is 45.8 Å². The van der Waals surface area contributed by atoms with Gasteiger partial charge in [-0.1, -0.05) is 54.6 Å². The summed E-state index contributed by atoms with van der Waals surface area (Å²) < 4.78 is 0. The minimum atomic E-state index is 0.203. The molecule has 0 bridgehead atoms. The topological polar surface area (TPSA) is 26.8 Å². The number of hydrogen-bond acceptors (Lipinski definition) is 2. The van der Waals surface area contributed by atoms with Crippen LogP contribution in [0.15, 0.2) is 54.6 Å². The van der Waals surface area contributed by atoms with Crippen molar-refractivity contribution in [1.82, 2.24) is 14.7 Å². The normalized spacial score (nSPS) is 18.1. The maximum absolute atomic E-state index is 12.9. The number of hydrogen-bond donors (Lipinski definition) is 0. The van der Waals surface area contributed by atoms with E-state index in [2.05, 4.69) is 59.5 Å². The van der Waals surface area contributed by atoms with E-state index in [9.17, 15) is 4.79 Å². The Labute approximate surface area is 149 Å². The summed E-state index contributed by atoms with van der Waals surface area (Å²) in [5.41, 5.74) is 4.03. The largest absolute Gasteiger partial charge is 0.322 e. The summed E-state index contributed by atoms with van der Waals surface area (Å²) in [7, 11) is 0. The van der Waals surface area contributed by atoms with Gasteiger partial charge < -0.3 is 9.80 Å². The Hall–Kier alpha value is -2.33. The molecule has 0 N–H and O–H groups in total. The summed E-state index contributed by atoms with van der Waals surface area (Å²) in [5.74, 6) is 0. The van der Waals surface area contributed by atoms with Crippen LogP contribution in [0, 0.1) is 0 Å². The van der Waals surface area contributed by atoms with Crippen LogP contribution in [0.25, 0.3) is 0 Å². The molecular formula is C21H25N3O. The number of benzene rings is 2. The fourth-order valence-corrected chi connectivity index (χ4v) is 3.80. The van der Waals surface area contributed by atoms with Crippen molar-refractivity contribution in [3.8, 4) is 0 Å². The van der Waals surface area contributed by atoms with E-state index in [0.29, 0.717) is 0 Å². The van der Waals surface area contributed by atoms with Gasteiger partial charge in [-0.3, -0.25) is 4.90 Å². The molecule has 0 spiro atoms. The lowest BCUT2D eigenvalue weighted by Crippen LogP contribution is -2.53. The van der Waals surface area contributed by atoms with E-state index in [1.807, 2.05) is 9.80 Å². The number of rotatable bonds is 2. The number of urea groups is 1. The molecule has 0 saturated carbocycles. The second-order valence-electron chi connectivity index (χ2n) is 6.97. The van der Waals surface area contributed by atoms with Gasteiger partial charge in [0.1, 0.15) is 0 Å². The van der Waals surface area contributed by atoms with Crippen LogP contribution in [-0.4, -0.2) is 53.5 Å². The van der Waals surface area contributed by atoms with E-state index in [1.54, 1.807) is 0 Å². The maximum atomic E-state index is 12.9. The Morgan fingerprint density at radius 2 is 1.44 bits per heavy atom. The van der Waals surface area contributed by atoms with Gasteiger partial charge in [-0.2, -0.15) is 0 Å². The van der Waals surface area contributed by atoms with Crippen molar-refractivity contribution in [3.63, 3.8) is 0 Å². The number of piperazine rings is 1. The van der Waals surface area contributed by atoms with Crippen LogP contribution >= 0.6 is 0 Å². The lowest BCUT2D eigenvalue weighted by molar-refractivity contribution is 0.106. The molecule has 4 nitrogen and oxygen atoms in total. The SMILES string of the molecule is O=C(N1CCN(Cc2ccccc2)CC1)N1CCc2ccccc2C1. The zero-order valence-electron chi connectivity index (χ0n) is 14.6. The minimum Gasteiger partial charge on any atom is -0.322 e. The summed E-state index contributed by atoms with van der Waals surface area (Å²) >= 11 is 0. The molecule has 2 amide bonds. The van der Waals surface area contributed by atoms with Crippen molar-refractivity contribution in [3.05, 3.63) is 71.3 Å². The molecule has 2 aliphatic heterocycles. The third kappa shape index (κ3) is 3.69. The van der Waals surface area contributed by atoms with E-state index in [0.717, 1.165) is 52.2 Å². The van der Waals surface area contributed by atoms with Crippen molar-refractivity contribution in [2.24, 2.45) is 0 Å². The molecule has 0 atom stereocenters. The molecule has 2 aromatic carbocycles. The van der Waals surface area contributed by atoms with Crippen molar-refractivity contribution < 1.29 is 4.79 Å². The molecule has 2 aliphatic rings. The highest BCUT2D eigenvalue weighted by Crippen LogP contribution is 2.20. The Morgan fingerprint density at radius 1 is 0.760 bits per heavy atom. The molecule has 0 radical (unpaired) electrons. The first-order valence-corrected chi connectivity index (χ1v) is 9.16. The van der Waals surface area contributed by atoms with E-state index in [1.165, 1.54) is 16.7 Å². The van der Waals surface area contributed by atoms with Crippen molar-refractivity contribution in [2.45, 2.75) is 19.5 Å². The third-order valence-corrected chi connectivity index (χ3v) is 5.29. The van der Waals surface area contributed by atoms with Crippen LogP contribution in [0.1, 0.15) is 16.7 Å². The molecule has 4 heteroatoms. The first-order chi connectivity index (χ1) is 12.3. The van der Waals surface area contributed by atoms with Gasteiger partial charge in [0.05, 0.1) is 0 Å². The van der Waals surface area contributed by atoms with E-state index in [4.69, 9.17) is 0 Å². The van der Waals surface area contributed by atoms with Crippen LogP contribution in [0.3, 0.4) is 0 Å². The fraction of sp³-hybridized carbons (Fsp3) is 0.381. The average molecular weight is 335 g/mol. The summed E-state index contributed by atoms with van der Waals surface area (Å²) in [4.78, 5) is 19.3. The van der Waals surface area contributed by atoms with Crippen LogP contribution in [0.4, 0.5) is 4.79 Å². The highest BCUT2D eigenvalue weighted by molar-refractivity contribution is 5.75. The zero-order valence-corrected chi connectivity index (χ0v) is 14.6. The highest BCUT2D eigenvalue weighted by atomic mass is 16.2. The summed E-state index contributed by atoms with van der Waals surface area (Å²) in [5, 5.41) is 0. The smallest absolute Gasteiger partial charge is 0.320 e. The quantitative estimate of drug-likeness (QED) is 0.843. The van der Waals surface area contributed by atoms with Gasteiger partial charge in [0.15, 0.2) is 0 Å². The third-order valence-electron chi connectivity index (χ3n) is 5.29. The number of carbonyl (C=O) groups excluding carboxylic acids is 1. The molecule has 130 valence electrons. The van der Waals surface area contributed by atoms with Crippen LogP contribution < -0.4 is 0 Å². The van der Waals surface area contributed by atoms with Crippen LogP contribution in [-0.2, 0) is 19.5 Å². The zero-order chi connectivity index (χ0) is 17.1. The molecule has 4 rings (SSSR count). The van der Waals surface area contributed by atoms with Crippen molar-refractivity contribution >= 4 is 6.03 Å². The van der Waals surface area contributed by atoms with Gasteiger partial charge in [-0.15, -0.1) is 0 Å². The highest BCUT2D eigenvalue weighted by Gasteiger charge is 2.27. The fourth-order valence-electron chi connectivity index (χ4n) is 3.80. The number of nitrogens with zero attached hydrogens (tertiary/aromatic N) is 3. The van der Waals surface area contributed by atoms with Crippen LogP contribution in [0.2, 0.25) is 0 Å². The summed E-state index contributed by atoms with van der Waals surface area (Å²) in [6, 6.07) is 19.2. The molecule has 0 aromatic heterocycles. The minimum absolute atomic E-state index is 0.203. The molecule has 2 aromatic rings. The molecule has 0 aliphatic carbocycles. The standard InChI is InChI=1S/C21H25N3O/c25-21(24-11-10-19-8-4-5-9-20(19)17-24)23-14-12-22(13-15-23)16-18-6-2-1-3-7-18/h1-9H,10-17H2. The Balaban J connectivity index is 1.31. The second kappa shape index (κ2) is 7.28.